The number of hydrogen-bond donors (Lipinski definition) is 1. The second kappa shape index (κ2) is 9.32. The van der Waals surface area contributed by atoms with Gasteiger partial charge in [0.25, 0.3) is 10.1 Å². The Hall–Kier alpha value is -3.25. The highest BCUT2D eigenvalue weighted by Crippen LogP contribution is 2.36. The first kappa shape index (κ1) is 22.9. The van der Waals surface area contributed by atoms with Crippen LogP contribution in [0.2, 0.25) is 0 Å². The van der Waals surface area contributed by atoms with Gasteiger partial charge in [0, 0.05) is 54.9 Å². The van der Waals surface area contributed by atoms with Gasteiger partial charge in [0.15, 0.2) is 23.2 Å². The number of halogens is 2. The van der Waals surface area contributed by atoms with Crippen LogP contribution in [0.3, 0.4) is 0 Å². The van der Waals surface area contributed by atoms with Crippen LogP contribution in [0.1, 0.15) is 30.6 Å². The van der Waals surface area contributed by atoms with Crippen LogP contribution in [0.25, 0.3) is 11.6 Å². The molecule has 0 aliphatic carbocycles. The predicted octanol–water partition coefficient (Wildman–Crippen LogP) is 2.99. The van der Waals surface area contributed by atoms with E-state index in [1.807, 2.05) is 11.8 Å². The van der Waals surface area contributed by atoms with E-state index < -0.39 is 27.5 Å². The summed E-state index contributed by atoms with van der Waals surface area (Å²) in [5.41, 5.74) is 2.09. The lowest BCUT2D eigenvalue weighted by atomic mass is 9.98. The Bertz CT molecular complexity index is 1260. The van der Waals surface area contributed by atoms with Crippen LogP contribution >= 0.6 is 0 Å². The van der Waals surface area contributed by atoms with Gasteiger partial charge in [0.2, 0.25) is 5.82 Å². The highest BCUT2D eigenvalue weighted by Gasteiger charge is 2.28. The maximum Gasteiger partial charge on any atom is 0.264 e. The molecule has 0 saturated heterocycles. The van der Waals surface area contributed by atoms with Gasteiger partial charge < -0.3 is 9.64 Å². The van der Waals surface area contributed by atoms with Gasteiger partial charge in [0.1, 0.15) is 0 Å². The predicted molar refractivity (Wildman–Crippen MR) is 115 cm³/mol. The number of aromatic nitrogens is 4. The van der Waals surface area contributed by atoms with Gasteiger partial charge in [-0.15, -0.1) is 0 Å². The summed E-state index contributed by atoms with van der Waals surface area (Å²) in [5.74, 6) is -2.26. The van der Waals surface area contributed by atoms with Gasteiger partial charge in [-0.25, -0.2) is 24.3 Å². The quantitative estimate of drug-likeness (QED) is 0.405. The molecule has 0 fully saturated rings. The zero-order chi connectivity index (χ0) is 23.6. The minimum atomic E-state index is -4.15. The number of anilines is 1. The van der Waals surface area contributed by atoms with Gasteiger partial charge in [0.05, 0.1) is 24.1 Å². The van der Waals surface area contributed by atoms with E-state index in [0.29, 0.717) is 30.3 Å². The molecular weight excluding hydrogens is 456 g/mol. The summed E-state index contributed by atoms with van der Waals surface area (Å²) in [6.45, 7) is 2.21. The van der Waals surface area contributed by atoms with Gasteiger partial charge >= 0.3 is 0 Å². The van der Waals surface area contributed by atoms with E-state index in [9.17, 15) is 17.2 Å². The zero-order valence-corrected chi connectivity index (χ0v) is 18.5. The summed E-state index contributed by atoms with van der Waals surface area (Å²) < 4.78 is 64.2. The van der Waals surface area contributed by atoms with Crippen molar-refractivity contribution in [1.29, 1.82) is 0 Å². The molecule has 1 N–H and O–H groups in total. The fourth-order valence-corrected chi connectivity index (χ4v) is 4.17. The van der Waals surface area contributed by atoms with E-state index >= 15 is 0 Å². The van der Waals surface area contributed by atoms with E-state index in [0.717, 1.165) is 17.3 Å². The number of fused-ring (bicyclic) bond motifs is 1. The maximum absolute atomic E-state index is 14.3. The maximum atomic E-state index is 14.3. The fourth-order valence-electron chi connectivity index (χ4n) is 3.68. The smallest absolute Gasteiger partial charge is 0.264 e. The molecule has 9 nitrogen and oxygen atoms in total. The Balaban J connectivity index is 1.55. The molecule has 1 aromatic carbocycles. The average Bonchev–Trinajstić information content (AvgIpc) is 2.79. The summed E-state index contributed by atoms with van der Waals surface area (Å²) in [5, 5.41) is 0. The van der Waals surface area contributed by atoms with Crippen molar-refractivity contribution < 1.29 is 26.5 Å². The highest BCUT2D eigenvalue weighted by molar-refractivity contribution is 7.85. The standard InChI is InChI=1S/C21H21F2N5O4S/c1-13-15-12-26-21(20-24-5-2-6-25-20)27-17(15)4-7-28(13)14-10-16(22)19(23)18(11-14)32-8-3-9-33(29,30)31/h2,5-6,10-13H,3-4,7-9H2,1H3,(H,29,30,31). The number of rotatable bonds is 7. The molecule has 2 aromatic heterocycles. The Morgan fingerprint density at radius 2 is 1.94 bits per heavy atom. The van der Waals surface area contributed by atoms with Crippen LogP contribution in [0.15, 0.2) is 36.8 Å². The van der Waals surface area contributed by atoms with Crippen molar-refractivity contribution in [2.75, 3.05) is 23.8 Å². The zero-order valence-electron chi connectivity index (χ0n) is 17.6. The summed E-state index contributed by atoms with van der Waals surface area (Å²) >= 11 is 0. The van der Waals surface area contributed by atoms with Crippen LogP contribution in [-0.4, -0.2) is 51.8 Å². The third-order valence-corrected chi connectivity index (χ3v) is 6.09. The number of benzene rings is 1. The van der Waals surface area contributed by atoms with Crippen molar-refractivity contribution in [3.63, 3.8) is 0 Å². The molecule has 12 heteroatoms. The lowest BCUT2D eigenvalue weighted by Gasteiger charge is -2.36. The molecule has 1 atom stereocenters. The third-order valence-electron chi connectivity index (χ3n) is 5.29. The molecule has 1 unspecified atom stereocenters. The van der Waals surface area contributed by atoms with E-state index in [2.05, 4.69) is 19.9 Å². The number of ether oxygens (including phenoxy) is 1. The summed E-state index contributed by atoms with van der Waals surface area (Å²) in [7, 11) is -4.15. The van der Waals surface area contributed by atoms with Gasteiger partial charge in [-0.3, -0.25) is 4.55 Å². The van der Waals surface area contributed by atoms with Gasteiger partial charge in [-0.05, 0) is 19.4 Å². The van der Waals surface area contributed by atoms with Crippen LogP contribution in [0, 0.1) is 11.6 Å². The Morgan fingerprint density at radius 1 is 1.18 bits per heavy atom. The monoisotopic (exact) mass is 477 g/mol. The topological polar surface area (TPSA) is 118 Å². The minimum absolute atomic E-state index is 0.0671. The lowest BCUT2D eigenvalue weighted by Crippen LogP contribution is -2.35. The molecule has 3 aromatic rings. The van der Waals surface area contributed by atoms with E-state index in [-0.39, 0.29) is 24.8 Å². The SMILES string of the molecule is CC1c2cnc(-c3ncccn3)nc2CCN1c1cc(F)c(F)c(OCCCS(=O)(=O)O)c1. The van der Waals surface area contributed by atoms with Crippen LogP contribution < -0.4 is 9.64 Å². The summed E-state index contributed by atoms with van der Waals surface area (Å²) in [6.07, 6.45) is 5.40. The van der Waals surface area contributed by atoms with Crippen molar-refractivity contribution in [2.24, 2.45) is 0 Å². The molecule has 33 heavy (non-hydrogen) atoms. The minimum Gasteiger partial charge on any atom is -0.490 e. The summed E-state index contributed by atoms with van der Waals surface area (Å²) in [4.78, 5) is 19.2. The first-order chi connectivity index (χ1) is 15.7. The Kier molecular flexibility index (Phi) is 6.47. The van der Waals surface area contributed by atoms with Gasteiger partial charge in [-0.2, -0.15) is 12.8 Å². The molecule has 0 saturated carbocycles. The molecule has 0 spiro atoms. The van der Waals surface area contributed by atoms with Gasteiger partial charge in [-0.1, -0.05) is 0 Å². The van der Waals surface area contributed by atoms with E-state index in [4.69, 9.17) is 9.29 Å². The second-order valence-corrected chi connectivity index (χ2v) is 9.09. The third kappa shape index (κ3) is 5.22. The Labute approximate surface area is 189 Å². The van der Waals surface area contributed by atoms with E-state index in [1.165, 1.54) is 6.07 Å². The first-order valence-electron chi connectivity index (χ1n) is 10.2. The molecule has 0 amide bonds. The van der Waals surface area contributed by atoms with Crippen molar-refractivity contribution >= 4 is 15.8 Å². The molecule has 0 radical (unpaired) electrons. The molecule has 1 aliphatic rings. The first-order valence-corrected chi connectivity index (χ1v) is 11.8. The average molecular weight is 477 g/mol. The molecule has 1 aliphatic heterocycles. The number of nitrogens with zero attached hydrogens (tertiary/aromatic N) is 5. The molecule has 174 valence electrons. The van der Waals surface area contributed by atoms with Crippen molar-refractivity contribution in [2.45, 2.75) is 25.8 Å². The molecular formula is C21H21F2N5O4S. The largest absolute Gasteiger partial charge is 0.490 e. The number of hydrogen-bond acceptors (Lipinski definition) is 8. The highest BCUT2D eigenvalue weighted by atomic mass is 32.2. The van der Waals surface area contributed by atoms with Crippen LogP contribution in [-0.2, 0) is 16.5 Å². The van der Waals surface area contributed by atoms with Crippen molar-refractivity contribution in [3.05, 3.63) is 59.7 Å². The molecule has 0 bridgehead atoms. The van der Waals surface area contributed by atoms with Crippen LogP contribution in [0.5, 0.6) is 5.75 Å². The van der Waals surface area contributed by atoms with Crippen LogP contribution in [0.4, 0.5) is 14.5 Å². The molecule has 4 rings (SSSR count). The summed E-state index contributed by atoms with van der Waals surface area (Å²) in [6, 6.07) is 3.95. The van der Waals surface area contributed by atoms with Crippen molar-refractivity contribution in [3.8, 4) is 17.4 Å². The van der Waals surface area contributed by atoms with Crippen molar-refractivity contribution in [1.82, 2.24) is 19.9 Å². The Morgan fingerprint density at radius 3 is 2.67 bits per heavy atom. The molecule has 3 heterocycles. The lowest BCUT2D eigenvalue weighted by molar-refractivity contribution is 0.294. The normalized spacial score (nSPS) is 15.9. The second-order valence-electron chi connectivity index (χ2n) is 7.52. The van der Waals surface area contributed by atoms with E-state index in [1.54, 1.807) is 24.7 Å². The fraction of sp³-hybridized carbons (Fsp3) is 0.333.